The highest BCUT2D eigenvalue weighted by atomic mass is 15.3. The van der Waals surface area contributed by atoms with Crippen LogP contribution in [0.2, 0.25) is 0 Å². The number of nitrogens with zero attached hydrogens (tertiary/aromatic N) is 3. The highest BCUT2D eigenvalue weighted by molar-refractivity contribution is 5.73. The molecule has 0 saturated carbocycles. The van der Waals surface area contributed by atoms with E-state index >= 15 is 0 Å². The SMILES string of the molecule is CCCN1c2cnncc2NC1C. The van der Waals surface area contributed by atoms with Crippen molar-refractivity contribution in [2.75, 3.05) is 16.8 Å². The third kappa shape index (κ3) is 1.32. The average Bonchev–Trinajstić information content (AvgIpc) is 2.44. The zero-order valence-electron chi connectivity index (χ0n) is 7.99. The molecule has 1 aromatic rings. The van der Waals surface area contributed by atoms with Gasteiger partial charge in [0.05, 0.1) is 29.9 Å². The van der Waals surface area contributed by atoms with Crippen molar-refractivity contribution in [3.63, 3.8) is 0 Å². The van der Waals surface area contributed by atoms with Gasteiger partial charge in [0.25, 0.3) is 0 Å². The third-order valence-corrected chi connectivity index (χ3v) is 2.32. The molecular formula is C9H14N4. The monoisotopic (exact) mass is 178 g/mol. The fourth-order valence-electron chi connectivity index (χ4n) is 1.72. The summed E-state index contributed by atoms with van der Waals surface area (Å²) >= 11 is 0. The zero-order chi connectivity index (χ0) is 9.26. The van der Waals surface area contributed by atoms with Gasteiger partial charge in [-0.25, -0.2) is 0 Å². The van der Waals surface area contributed by atoms with Crippen LogP contribution in [0, 0.1) is 0 Å². The zero-order valence-corrected chi connectivity index (χ0v) is 7.99. The molecule has 4 heteroatoms. The Morgan fingerprint density at radius 1 is 1.46 bits per heavy atom. The summed E-state index contributed by atoms with van der Waals surface area (Å²) in [5, 5.41) is 11.1. The summed E-state index contributed by atoms with van der Waals surface area (Å²) in [5.41, 5.74) is 2.26. The molecular weight excluding hydrogens is 164 g/mol. The van der Waals surface area contributed by atoms with Crippen LogP contribution in [0.25, 0.3) is 0 Å². The fraction of sp³-hybridized carbons (Fsp3) is 0.556. The summed E-state index contributed by atoms with van der Waals surface area (Å²) in [6, 6.07) is 0. The molecule has 0 radical (unpaired) electrons. The molecule has 4 nitrogen and oxygen atoms in total. The van der Waals surface area contributed by atoms with Crippen molar-refractivity contribution in [1.82, 2.24) is 10.2 Å². The van der Waals surface area contributed by atoms with Crippen molar-refractivity contribution in [3.05, 3.63) is 12.4 Å². The van der Waals surface area contributed by atoms with E-state index in [-0.39, 0.29) is 0 Å². The maximum absolute atomic E-state index is 3.89. The molecule has 1 atom stereocenters. The van der Waals surface area contributed by atoms with Crippen molar-refractivity contribution < 1.29 is 0 Å². The maximum atomic E-state index is 3.89. The molecule has 1 aliphatic heterocycles. The highest BCUT2D eigenvalue weighted by Gasteiger charge is 2.24. The van der Waals surface area contributed by atoms with Crippen LogP contribution in [-0.2, 0) is 0 Å². The van der Waals surface area contributed by atoms with E-state index in [1.54, 1.807) is 6.20 Å². The maximum Gasteiger partial charge on any atom is 0.0963 e. The van der Waals surface area contributed by atoms with Crippen molar-refractivity contribution in [1.29, 1.82) is 0 Å². The van der Waals surface area contributed by atoms with Crippen LogP contribution in [0.5, 0.6) is 0 Å². The van der Waals surface area contributed by atoms with Crippen LogP contribution >= 0.6 is 0 Å². The predicted molar refractivity (Wildman–Crippen MR) is 52.8 cm³/mol. The first-order valence-electron chi connectivity index (χ1n) is 4.66. The minimum Gasteiger partial charge on any atom is -0.362 e. The minimum absolute atomic E-state index is 0.362. The van der Waals surface area contributed by atoms with Gasteiger partial charge in [0, 0.05) is 6.54 Å². The van der Waals surface area contributed by atoms with E-state index in [0.29, 0.717) is 6.17 Å². The van der Waals surface area contributed by atoms with Gasteiger partial charge < -0.3 is 10.2 Å². The molecule has 13 heavy (non-hydrogen) atoms. The summed E-state index contributed by atoms with van der Waals surface area (Å²) in [6.07, 6.45) is 5.11. The second kappa shape index (κ2) is 3.20. The predicted octanol–water partition coefficient (Wildman–Crippen LogP) is 1.46. The number of fused-ring (bicyclic) bond motifs is 1. The van der Waals surface area contributed by atoms with E-state index in [4.69, 9.17) is 0 Å². The lowest BCUT2D eigenvalue weighted by Crippen LogP contribution is -2.33. The molecule has 0 aromatic carbocycles. The topological polar surface area (TPSA) is 41.1 Å². The van der Waals surface area contributed by atoms with Gasteiger partial charge in [0.1, 0.15) is 0 Å². The van der Waals surface area contributed by atoms with Crippen molar-refractivity contribution in [3.8, 4) is 0 Å². The molecule has 1 aromatic heterocycles. The summed E-state index contributed by atoms with van der Waals surface area (Å²) < 4.78 is 0. The van der Waals surface area contributed by atoms with Gasteiger partial charge in [-0.1, -0.05) is 6.92 Å². The molecule has 0 aliphatic carbocycles. The number of aromatic nitrogens is 2. The second-order valence-electron chi connectivity index (χ2n) is 3.30. The van der Waals surface area contributed by atoms with E-state index in [1.807, 2.05) is 6.20 Å². The van der Waals surface area contributed by atoms with Crippen molar-refractivity contribution >= 4 is 11.4 Å². The van der Waals surface area contributed by atoms with E-state index in [9.17, 15) is 0 Å². The largest absolute Gasteiger partial charge is 0.362 e. The smallest absolute Gasteiger partial charge is 0.0963 e. The first-order valence-corrected chi connectivity index (χ1v) is 4.66. The Balaban J connectivity index is 2.29. The van der Waals surface area contributed by atoms with Crippen LogP contribution in [0.1, 0.15) is 20.3 Å². The lowest BCUT2D eigenvalue weighted by Gasteiger charge is -2.22. The molecule has 1 N–H and O–H groups in total. The average molecular weight is 178 g/mol. The van der Waals surface area contributed by atoms with E-state index < -0.39 is 0 Å². The number of hydrogen-bond acceptors (Lipinski definition) is 4. The Morgan fingerprint density at radius 2 is 2.23 bits per heavy atom. The lowest BCUT2D eigenvalue weighted by molar-refractivity contribution is 0.707. The fourth-order valence-corrected chi connectivity index (χ4v) is 1.72. The first kappa shape index (κ1) is 8.29. The molecule has 0 spiro atoms. The van der Waals surface area contributed by atoms with E-state index in [2.05, 4.69) is 34.3 Å². The summed E-state index contributed by atoms with van der Waals surface area (Å²) in [4.78, 5) is 2.31. The van der Waals surface area contributed by atoms with Crippen molar-refractivity contribution in [2.45, 2.75) is 26.4 Å². The van der Waals surface area contributed by atoms with Gasteiger partial charge in [-0.2, -0.15) is 10.2 Å². The van der Waals surface area contributed by atoms with Crippen LogP contribution in [0.15, 0.2) is 12.4 Å². The summed E-state index contributed by atoms with van der Waals surface area (Å²) in [5.74, 6) is 0. The Labute approximate surface area is 78.0 Å². The van der Waals surface area contributed by atoms with Crippen LogP contribution in [0.3, 0.4) is 0 Å². The molecule has 70 valence electrons. The van der Waals surface area contributed by atoms with Gasteiger partial charge in [-0.3, -0.25) is 0 Å². The number of hydrogen-bond donors (Lipinski definition) is 1. The molecule has 2 rings (SSSR count). The molecule has 0 saturated heterocycles. The first-order chi connectivity index (χ1) is 6.33. The van der Waals surface area contributed by atoms with Gasteiger partial charge in [0.2, 0.25) is 0 Å². The Kier molecular flexibility index (Phi) is 2.04. The quantitative estimate of drug-likeness (QED) is 0.744. The molecule has 0 bridgehead atoms. The van der Waals surface area contributed by atoms with Gasteiger partial charge in [-0.15, -0.1) is 0 Å². The number of rotatable bonds is 2. The van der Waals surface area contributed by atoms with Gasteiger partial charge in [0.15, 0.2) is 0 Å². The van der Waals surface area contributed by atoms with E-state index in [1.165, 1.54) is 5.69 Å². The van der Waals surface area contributed by atoms with Crippen LogP contribution < -0.4 is 10.2 Å². The minimum atomic E-state index is 0.362. The highest BCUT2D eigenvalue weighted by Crippen LogP contribution is 2.32. The molecule has 2 heterocycles. The van der Waals surface area contributed by atoms with Crippen LogP contribution in [-0.4, -0.2) is 22.9 Å². The standard InChI is InChI=1S/C9H14N4/c1-3-4-13-7(2)12-8-5-10-11-6-9(8)13/h5-7,12H,3-4H2,1-2H3. The summed E-state index contributed by atoms with van der Waals surface area (Å²) in [7, 11) is 0. The normalized spacial score (nSPS) is 19.8. The van der Waals surface area contributed by atoms with Gasteiger partial charge >= 0.3 is 0 Å². The van der Waals surface area contributed by atoms with Crippen molar-refractivity contribution in [2.24, 2.45) is 0 Å². The van der Waals surface area contributed by atoms with E-state index in [0.717, 1.165) is 18.7 Å². The van der Waals surface area contributed by atoms with Crippen LogP contribution in [0.4, 0.5) is 11.4 Å². The Bertz CT molecular complexity index is 299. The second-order valence-corrected chi connectivity index (χ2v) is 3.30. The van der Waals surface area contributed by atoms with Gasteiger partial charge in [-0.05, 0) is 13.3 Å². The summed E-state index contributed by atoms with van der Waals surface area (Å²) in [6.45, 7) is 5.39. The molecule has 0 amide bonds. The molecule has 1 unspecified atom stereocenters. The number of nitrogens with one attached hydrogen (secondary N) is 1. The Hall–Kier alpha value is -1.32. The lowest BCUT2D eigenvalue weighted by atomic mass is 10.3. The number of anilines is 2. The molecule has 1 aliphatic rings. The third-order valence-electron chi connectivity index (χ3n) is 2.32. The molecule has 0 fully saturated rings. The Morgan fingerprint density at radius 3 is 3.00 bits per heavy atom.